The first-order valence-corrected chi connectivity index (χ1v) is 7.17. The summed E-state index contributed by atoms with van der Waals surface area (Å²) in [5.74, 6) is 0.125. The Balaban J connectivity index is 1.94. The smallest absolute Gasteiger partial charge is 0.408 e. The first kappa shape index (κ1) is 13.4. The minimum absolute atomic E-state index is 0.0291. The normalized spacial score (nSPS) is 18.5. The zero-order chi connectivity index (χ0) is 14.1. The van der Waals surface area contributed by atoms with Crippen molar-refractivity contribution in [2.24, 2.45) is 11.7 Å². The van der Waals surface area contributed by atoms with Crippen molar-refractivity contribution in [3.05, 3.63) is 34.3 Å². The van der Waals surface area contributed by atoms with Crippen LogP contribution in [0.15, 0.2) is 27.4 Å². The topological polar surface area (TPSA) is 70.4 Å². The molecule has 108 valence electrons. The van der Waals surface area contributed by atoms with Gasteiger partial charge in [-0.3, -0.25) is 4.57 Å². The van der Waals surface area contributed by atoms with Crippen LogP contribution >= 0.6 is 0 Å². The number of hydrogen-bond donors (Lipinski definition) is 1. The lowest BCUT2D eigenvalue weighted by Crippen LogP contribution is -2.27. The lowest BCUT2D eigenvalue weighted by atomic mass is 9.88. The van der Waals surface area contributed by atoms with Gasteiger partial charge in [-0.25, -0.2) is 4.79 Å². The number of benzene rings is 1. The van der Waals surface area contributed by atoms with Gasteiger partial charge in [0.25, 0.3) is 0 Å². The molecule has 1 fully saturated rings. The Morgan fingerprint density at radius 3 is 2.85 bits per heavy atom. The molecule has 5 nitrogen and oxygen atoms in total. The maximum atomic E-state index is 11.7. The Kier molecular flexibility index (Phi) is 3.63. The highest BCUT2D eigenvalue weighted by Crippen LogP contribution is 2.29. The van der Waals surface area contributed by atoms with Gasteiger partial charge in [0.2, 0.25) is 0 Å². The van der Waals surface area contributed by atoms with Crippen molar-refractivity contribution in [1.29, 1.82) is 0 Å². The van der Waals surface area contributed by atoms with Gasteiger partial charge in [-0.1, -0.05) is 6.07 Å². The highest BCUT2D eigenvalue weighted by Gasteiger charge is 2.23. The highest BCUT2D eigenvalue weighted by atomic mass is 16.5. The Labute approximate surface area is 117 Å². The maximum Gasteiger partial charge on any atom is 0.419 e. The molecule has 1 aromatic heterocycles. The van der Waals surface area contributed by atoms with E-state index in [9.17, 15) is 4.79 Å². The van der Waals surface area contributed by atoms with Crippen LogP contribution in [-0.4, -0.2) is 17.8 Å². The Bertz CT molecular complexity index is 653. The summed E-state index contributed by atoms with van der Waals surface area (Å²) < 4.78 is 12.3. The largest absolute Gasteiger partial charge is 0.419 e. The van der Waals surface area contributed by atoms with Crippen molar-refractivity contribution in [1.82, 2.24) is 4.57 Å². The monoisotopic (exact) mass is 276 g/mol. The molecule has 1 saturated heterocycles. The van der Waals surface area contributed by atoms with E-state index in [-0.39, 0.29) is 11.8 Å². The molecule has 20 heavy (non-hydrogen) atoms. The number of nitrogens with zero attached hydrogens (tertiary/aromatic N) is 1. The summed E-state index contributed by atoms with van der Waals surface area (Å²) in [7, 11) is 0. The van der Waals surface area contributed by atoms with Crippen LogP contribution in [0.2, 0.25) is 0 Å². The van der Waals surface area contributed by atoms with Crippen molar-refractivity contribution in [2.45, 2.75) is 32.4 Å². The standard InChI is InChI=1S/C15H20N2O3/c1-2-17-12-4-3-11(9-13(12)20-15(17)18)14(16)10-5-7-19-8-6-10/h3-4,9-10,14H,2,5-8,16H2,1H3. The van der Waals surface area contributed by atoms with Crippen LogP contribution in [-0.2, 0) is 11.3 Å². The van der Waals surface area contributed by atoms with E-state index in [0.29, 0.717) is 18.0 Å². The van der Waals surface area contributed by atoms with Gasteiger partial charge in [-0.2, -0.15) is 0 Å². The van der Waals surface area contributed by atoms with Crippen molar-refractivity contribution in [3.8, 4) is 0 Å². The molecular weight excluding hydrogens is 256 g/mol. The summed E-state index contributed by atoms with van der Waals surface area (Å²) in [6.45, 7) is 4.10. The van der Waals surface area contributed by atoms with Gasteiger partial charge in [0.15, 0.2) is 5.58 Å². The molecule has 1 unspecified atom stereocenters. The summed E-state index contributed by atoms with van der Waals surface area (Å²) in [5, 5.41) is 0. The summed E-state index contributed by atoms with van der Waals surface area (Å²) >= 11 is 0. The van der Waals surface area contributed by atoms with E-state index < -0.39 is 0 Å². The number of hydrogen-bond acceptors (Lipinski definition) is 4. The van der Waals surface area contributed by atoms with Gasteiger partial charge in [-0.15, -0.1) is 0 Å². The minimum Gasteiger partial charge on any atom is -0.408 e. The van der Waals surface area contributed by atoms with Crippen LogP contribution in [0.25, 0.3) is 11.1 Å². The zero-order valence-electron chi connectivity index (χ0n) is 11.7. The van der Waals surface area contributed by atoms with E-state index in [1.54, 1.807) is 4.57 Å². The first-order chi connectivity index (χ1) is 9.70. The highest BCUT2D eigenvalue weighted by molar-refractivity contribution is 5.73. The molecule has 5 heteroatoms. The van der Waals surface area contributed by atoms with Gasteiger partial charge < -0.3 is 14.9 Å². The molecule has 3 rings (SSSR count). The molecule has 0 saturated carbocycles. The summed E-state index contributed by atoms with van der Waals surface area (Å²) in [6.07, 6.45) is 1.97. The average molecular weight is 276 g/mol. The van der Waals surface area contributed by atoms with Crippen molar-refractivity contribution < 1.29 is 9.15 Å². The zero-order valence-corrected chi connectivity index (χ0v) is 11.7. The number of ether oxygens (including phenoxy) is 1. The molecule has 1 atom stereocenters. The lowest BCUT2D eigenvalue weighted by molar-refractivity contribution is 0.0584. The maximum absolute atomic E-state index is 11.7. The van der Waals surface area contributed by atoms with E-state index in [1.165, 1.54) is 0 Å². The average Bonchev–Trinajstić information content (AvgIpc) is 2.81. The molecule has 0 aliphatic carbocycles. The fraction of sp³-hybridized carbons (Fsp3) is 0.533. The number of oxazole rings is 1. The number of rotatable bonds is 3. The molecule has 0 amide bonds. The van der Waals surface area contributed by atoms with E-state index in [0.717, 1.165) is 37.1 Å². The Morgan fingerprint density at radius 1 is 1.40 bits per heavy atom. The van der Waals surface area contributed by atoms with Gasteiger partial charge in [0, 0.05) is 25.8 Å². The lowest BCUT2D eigenvalue weighted by Gasteiger charge is -2.27. The third kappa shape index (κ3) is 2.27. The number of fused-ring (bicyclic) bond motifs is 1. The predicted molar refractivity (Wildman–Crippen MR) is 76.6 cm³/mol. The Morgan fingerprint density at radius 2 is 2.15 bits per heavy atom. The van der Waals surface area contributed by atoms with Crippen molar-refractivity contribution >= 4 is 11.1 Å². The quantitative estimate of drug-likeness (QED) is 0.931. The first-order valence-electron chi connectivity index (χ1n) is 7.17. The number of aromatic nitrogens is 1. The molecule has 2 heterocycles. The van der Waals surface area contributed by atoms with E-state index in [1.807, 2.05) is 25.1 Å². The second kappa shape index (κ2) is 5.42. The molecular formula is C15H20N2O3. The van der Waals surface area contributed by atoms with Crippen molar-refractivity contribution in [2.75, 3.05) is 13.2 Å². The van der Waals surface area contributed by atoms with Crippen molar-refractivity contribution in [3.63, 3.8) is 0 Å². The van der Waals surface area contributed by atoms with Crippen LogP contribution < -0.4 is 11.5 Å². The fourth-order valence-electron chi connectivity index (χ4n) is 2.94. The van der Waals surface area contributed by atoms with Gasteiger partial charge >= 0.3 is 5.76 Å². The third-order valence-corrected chi connectivity index (χ3v) is 4.17. The summed E-state index contributed by atoms with van der Waals surface area (Å²) in [5.41, 5.74) is 8.84. The minimum atomic E-state index is -0.306. The van der Waals surface area contributed by atoms with E-state index >= 15 is 0 Å². The molecule has 0 radical (unpaired) electrons. The molecule has 1 aliphatic rings. The summed E-state index contributed by atoms with van der Waals surface area (Å²) in [6, 6.07) is 5.81. The van der Waals surface area contributed by atoms with Gasteiger partial charge in [-0.05, 0) is 43.4 Å². The predicted octanol–water partition coefficient (Wildman–Crippen LogP) is 2.04. The van der Waals surface area contributed by atoms with E-state index in [4.69, 9.17) is 14.9 Å². The molecule has 2 aromatic rings. The molecule has 1 aliphatic heterocycles. The van der Waals surface area contributed by atoms with Crippen LogP contribution in [0.3, 0.4) is 0 Å². The van der Waals surface area contributed by atoms with E-state index in [2.05, 4.69) is 0 Å². The van der Waals surface area contributed by atoms with Crippen LogP contribution in [0.4, 0.5) is 0 Å². The number of aryl methyl sites for hydroxylation is 1. The second-order valence-electron chi connectivity index (χ2n) is 5.31. The van der Waals surface area contributed by atoms with Crippen LogP contribution in [0, 0.1) is 5.92 Å². The fourth-order valence-corrected chi connectivity index (χ4v) is 2.94. The van der Waals surface area contributed by atoms with Crippen LogP contribution in [0.5, 0.6) is 0 Å². The molecule has 0 spiro atoms. The second-order valence-corrected chi connectivity index (χ2v) is 5.31. The number of nitrogens with two attached hydrogens (primary N) is 1. The van der Waals surface area contributed by atoms with Crippen LogP contribution in [0.1, 0.15) is 31.4 Å². The van der Waals surface area contributed by atoms with Gasteiger partial charge in [0.1, 0.15) is 0 Å². The van der Waals surface area contributed by atoms with Gasteiger partial charge in [0.05, 0.1) is 5.52 Å². The SMILES string of the molecule is CCn1c(=O)oc2cc(C(N)C3CCOCC3)ccc21. The third-order valence-electron chi connectivity index (χ3n) is 4.17. The molecule has 1 aromatic carbocycles. The molecule has 2 N–H and O–H groups in total. The molecule has 0 bridgehead atoms. The Hall–Kier alpha value is -1.59. The summed E-state index contributed by atoms with van der Waals surface area (Å²) in [4.78, 5) is 11.7.